The van der Waals surface area contributed by atoms with E-state index in [1.165, 1.54) is 5.56 Å². The molecule has 0 aliphatic rings. The summed E-state index contributed by atoms with van der Waals surface area (Å²) in [6.45, 7) is 2.02. The summed E-state index contributed by atoms with van der Waals surface area (Å²) in [5.74, 6) is -0.911. The Morgan fingerprint density at radius 2 is 1.76 bits per heavy atom. The monoisotopic (exact) mass is 290 g/mol. The van der Waals surface area contributed by atoms with Gasteiger partial charge in [0, 0.05) is 4.47 Å². The normalized spacial score (nSPS) is 10.2. The van der Waals surface area contributed by atoms with Crippen LogP contribution in [0.25, 0.3) is 11.1 Å². The number of carboxylic acid groups (broad SMARTS) is 1. The van der Waals surface area contributed by atoms with Gasteiger partial charge in [0.15, 0.2) is 0 Å². The second-order valence-corrected chi connectivity index (χ2v) is 4.72. The first kappa shape index (κ1) is 11.9. The van der Waals surface area contributed by atoms with Gasteiger partial charge in [-0.15, -0.1) is 0 Å². The summed E-state index contributed by atoms with van der Waals surface area (Å²) < 4.78 is 0.895. The number of halogens is 1. The molecule has 0 atom stereocenters. The molecule has 0 radical (unpaired) electrons. The molecule has 0 fully saturated rings. The predicted octanol–water partition coefficient (Wildman–Crippen LogP) is 4.12. The summed E-state index contributed by atoms with van der Waals surface area (Å²) in [7, 11) is 0. The van der Waals surface area contributed by atoms with Crippen molar-refractivity contribution >= 4 is 21.9 Å². The van der Waals surface area contributed by atoms with E-state index in [4.69, 9.17) is 5.11 Å². The second-order valence-electron chi connectivity index (χ2n) is 3.87. The summed E-state index contributed by atoms with van der Waals surface area (Å²) in [5.41, 5.74) is 3.37. The van der Waals surface area contributed by atoms with Crippen molar-refractivity contribution in [1.82, 2.24) is 0 Å². The molecule has 0 unspecified atom stereocenters. The molecule has 0 saturated carbocycles. The van der Waals surface area contributed by atoms with Crippen molar-refractivity contribution in [2.45, 2.75) is 6.92 Å². The summed E-state index contributed by atoms with van der Waals surface area (Å²) >= 11 is 3.44. The van der Waals surface area contributed by atoms with Crippen molar-refractivity contribution < 1.29 is 9.90 Å². The fraction of sp³-hybridized carbons (Fsp3) is 0.0714. The van der Waals surface area contributed by atoms with Gasteiger partial charge in [-0.2, -0.15) is 0 Å². The number of benzene rings is 2. The molecule has 0 aliphatic carbocycles. The zero-order chi connectivity index (χ0) is 12.4. The van der Waals surface area contributed by atoms with E-state index in [0.717, 1.165) is 15.6 Å². The number of carbonyl (C=O) groups is 1. The van der Waals surface area contributed by atoms with Crippen molar-refractivity contribution in [2.24, 2.45) is 0 Å². The van der Waals surface area contributed by atoms with E-state index >= 15 is 0 Å². The van der Waals surface area contributed by atoms with Gasteiger partial charge in [-0.05, 0) is 36.2 Å². The van der Waals surface area contributed by atoms with Crippen LogP contribution in [0.4, 0.5) is 0 Å². The smallest absolute Gasteiger partial charge is 0.335 e. The zero-order valence-corrected chi connectivity index (χ0v) is 10.9. The Hall–Kier alpha value is -1.61. The maximum absolute atomic E-state index is 10.9. The summed E-state index contributed by atoms with van der Waals surface area (Å²) in [4.78, 5) is 10.9. The highest BCUT2D eigenvalue weighted by atomic mass is 79.9. The van der Waals surface area contributed by atoms with Crippen molar-refractivity contribution in [3.63, 3.8) is 0 Å². The van der Waals surface area contributed by atoms with Crippen LogP contribution < -0.4 is 0 Å². The summed E-state index contributed by atoms with van der Waals surface area (Å²) in [6, 6.07) is 13.0. The molecule has 0 spiro atoms. The van der Waals surface area contributed by atoms with E-state index in [-0.39, 0.29) is 0 Å². The van der Waals surface area contributed by atoms with Gasteiger partial charge in [-0.3, -0.25) is 0 Å². The average molecular weight is 291 g/mol. The van der Waals surface area contributed by atoms with E-state index in [0.29, 0.717) is 5.56 Å². The maximum atomic E-state index is 10.9. The Morgan fingerprint density at radius 1 is 1.12 bits per heavy atom. The zero-order valence-electron chi connectivity index (χ0n) is 9.27. The first-order valence-corrected chi connectivity index (χ1v) is 5.97. The number of hydrogen-bond acceptors (Lipinski definition) is 1. The highest BCUT2D eigenvalue weighted by Gasteiger charge is 2.08. The second kappa shape index (κ2) is 4.72. The Morgan fingerprint density at radius 3 is 2.35 bits per heavy atom. The van der Waals surface area contributed by atoms with E-state index in [9.17, 15) is 4.79 Å². The van der Waals surface area contributed by atoms with Gasteiger partial charge in [-0.1, -0.05) is 45.8 Å². The lowest BCUT2D eigenvalue weighted by atomic mass is 10.0. The third-order valence-corrected chi connectivity index (χ3v) is 3.27. The summed E-state index contributed by atoms with van der Waals surface area (Å²) in [6.07, 6.45) is 0. The molecule has 2 nitrogen and oxygen atoms in total. The Bertz CT molecular complexity index is 559. The Labute approximate surface area is 108 Å². The van der Waals surface area contributed by atoms with Gasteiger partial charge in [0.2, 0.25) is 0 Å². The van der Waals surface area contributed by atoms with Crippen molar-refractivity contribution in [1.29, 1.82) is 0 Å². The fourth-order valence-electron chi connectivity index (χ4n) is 1.61. The standard InChI is InChI=1S/C14H11BrO2/c1-9-2-4-10(5-3-9)12-8-11(14(16)17)6-7-13(12)15/h2-8H,1H3,(H,16,17). The first-order valence-electron chi connectivity index (χ1n) is 5.18. The molecule has 0 amide bonds. The molecular formula is C14H11BrO2. The molecule has 2 rings (SSSR count). The van der Waals surface area contributed by atoms with E-state index < -0.39 is 5.97 Å². The minimum absolute atomic E-state index is 0.295. The van der Waals surface area contributed by atoms with E-state index in [1.807, 2.05) is 31.2 Å². The lowest BCUT2D eigenvalue weighted by Crippen LogP contribution is -1.96. The van der Waals surface area contributed by atoms with Crippen molar-refractivity contribution in [2.75, 3.05) is 0 Å². The number of carboxylic acids is 1. The molecule has 2 aromatic carbocycles. The Balaban J connectivity index is 2.54. The van der Waals surface area contributed by atoms with Crippen LogP contribution in [0.3, 0.4) is 0 Å². The molecule has 0 heterocycles. The first-order chi connectivity index (χ1) is 8.08. The highest BCUT2D eigenvalue weighted by Crippen LogP contribution is 2.29. The molecule has 1 N–H and O–H groups in total. The molecule has 0 aromatic heterocycles. The van der Waals surface area contributed by atoms with Gasteiger partial charge in [0.05, 0.1) is 5.56 Å². The lowest BCUT2D eigenvalue weighted by Gasteiger charge is -2.06. The third-order valence-electron chi connectivity index (χ3n) is 2.58. The fourth-order valence-corrected chi connectivity index (χ4v) is 2.09. The van der Waals surface area contributed by atoms with Crippen LogP contribution >= 0.6 is 15.9 Å². The minimum Gasteiger partial charge on any atom is -0.478 e. The molecule has 0 aliphatic heterocycles. The molecule has 0 saturated heterocycles. The third kappa shape index (κ3) is 2.56. The average Bonchev–Trinajstić information content (AvgIpc) is 2.31. The van der Waals surface area contributed by atoms with Crippen LogP contribution in [0, 0.1) is 6.92 Å². The summed E-state index contributed by atoms with van der Waals surface area (Å²) in [5, 5.41) is 8.98. The quantitative estimate of drug-likeness (QED) is 0.903. The molecular weight excluding hydrogens is 280 g/mol. The maximum Gasteiger partial charge on any atom is 0.335 e. The van der Waals surface area contributed by atoms with Gasteiger partial charge >= 0.3 is 5.97 Å². The number of rotatable bonds is 2. The van der Waals surface area contributed by atoms with Gasteiger partial charge in [0.1, 0.15) is 0 Å². The van der Waals surface area contributed by atoms with Crippen LogP contribution in [-0.4, -0.2) is 11.1 Å². The van der Waals surface area contributed by atoms with E-state index in [1.54, 1.807) is 18.2 Å². The molecule has 86 valence electrons. The topological polar surface area (TPSA) is 37.3 Å². The van der Waals surface area contributed by atoms with Gasteiger partial charge in [-0.25, -0.2) is 4.79 Å². The number of aromatic carboxylic acids is 1. The van der Waals surface area contributed by atoms with Gasteiger partial charge < -0.3 is 5.11 Å². The number of hydrogen-bond donors (Lipinski definition) is 1. The van der Waals surface area contributed by atoms with Crippen molar-refractivity contribution in [3.05, 3.63) is 58.1 Å². The SMILES string of the molecule is Cc1ccc(-c2cc(C(=O)O)ccc2Br)cc1. The minimum atomic E-state index is -0.911. The molecule has 0 bridgehead atoms. The molecule has 3 heteroatoms. The van der Waals surface area contributed by atoms with Gasteiger partial charge in [0.25, 0.3) is 0 Å². The van der Waals surface area contributed by atoms with Crippen molar-refractivity contribution in [3.8, 4) is 11.1 Å². The van der Waals surface area contributed by atoms with Crippen LogP contribution in [0.2, 0.25) is 0 Å². The van der Waals surface area contributed by atoms with Crippen LogP contribution in [0.5, 0.6) is 0 Å². The number of aryl methyl sites for hydroxylation is 1. The van der Waals surface area contributed by atoms with Crippen LogP contribution in [-0.2, 0) is 0 Å². The molecule has 17 heavy (non-hydrogen) atoms. The van der Waals surface area contributed by atoms with Crippen LogP contribution in [0.1, 0.15) is 15.9 Å². The lowest BCUT2D eigenvalue weighted by molar-refractivity contribution is 0.0697. The Kier molecular flexibility index (Phi) is 3.29. The predicted molar refractivity (Wildman–Crippen MR) is 71.3 cm³/mol. The molecule has 2 aromatic rings. The largest absolute Gasteiger partial charge is 0.478 e. The van der Waals surface area contributed by atoms with Crippen LogP contribution in [0.15, 0.2) is 46.9 Å². The van der Waals surface area contributed by atoms with E-state index in [2.05, 4.69) is 15.9 Å². The highest BCUT2D eigenvalue weighted by molar-refractivity contribution is 9.10.